The fourth-order valence-corrected chi connectivity index (χ4v) is 0.263. The summed E-state index contributed by atoms with van der Waals surface area (Å²) in [5.41, 5.74) is 0. The van der Waals surface area contributed by atoms with Crippen molar-refractivity contribution in [3.8, 4) is 0 Å². The lowest BCUT2D eigenvalue weighted by molar-refractivity contribution is -0.115. The minimum absolute atomic E-state index is 0.114. The number of halogens is 3. The summed E-state index contributed by atoms with van der Waals surface area (Å²) in [5, 5.41) is 0. The molecule has 0 saturated carbocycles. The topological polar surface area (TPSA) is 17.1 Å². The lowest BCUT2D eigenvalue weighted by Crippen LogP contribution is -2.21. The molecule has 0 heterocycles. The number of hydrogen-bond acceptors (Lipinski definition) is 1. The molecule has 0 aliphatic heterocycles. The van der Waals surface area contributed by atoms with Crippen LogP contribution in [0, 0.1) is 5.92 Å². The van der Waals surface area contributed by atoms with Crippen LogP contribution in [0.5, 0.6) is 0 Å². The number of aldehydes is 1. The van der Waals surface area contributed by atoms with Gasteiger partial charge in [0.15, 0.2) is 12.5 Å². The summed E-state index contributed by atoms with van der Waals surface area (Å²) >= 11 is 0. The number of carbonyl (C=O) groups is 1. The smallest absolute Gasteiger partial charge is 0.244 e. The van der Waals surface area contributed by atoms with E-state index in [9.17, 15) is 18.0 Å². The van der Waals surface area contributed by atoms with Gasteiger partial charge in [-0.3, -0.25) is 0 Å². The molecule has 9 heavy (non-hydrogen) atoms. The predicted octanol–water partition coefficient (Wildman–Crippen LogP) is 1.42. The Morgan fingerprint density at radius 1 is 1.33 bits per heavy atom. The normalized spacial score (nSPS) is 17.4. The molecule has 4 heteroatoms. The number of hydrogen-bond donors (Lipinski definition) is 0. The van der Waals surface area contributed by atoms with Crippen LogP contribution in [0.25, 0.3) is 0 Å². The SMILES string of the molecule is CC(C(F)F)C(F)C=O. The molecule has 2 atom stereocenters. The van der Waals surface area contributed by atoms with Gasteiger partial charge in [0.25, 0.3) is 0 Å². The lowest BCUT2D eigenvalue weighted by Gasteiger charge is -2.08. The van der Waals surface area contributed by atoms with Gasteiger partial charge in [-0.15, -0.1) is 0 Å². The Labute approximate surface area is 50.9 Å². The molecule has 0 amide bonds. The lowest BCUT2D eigenvalue weighted by atomic mass is 10.1. The average molecular weight is 140 g/mol. The van der Waals surface area contributed by atoms with Crippen LogP contribution in [0.2, 0.25) is 0 Å². The minimum atomic E-state index is -2.76. The largest absolute Gasteiger partial charge is 0.300 e. The van der Waals surface area contributed by atoms with E-state index in [1.807, 2.05) is 0 Å². The van der Waals surface area contributed by atoms with E-state index in [1.54, 1.807) is 0 Å². The van der Waals surface area contributed by atoms with Crippen LogP contribution in [0.3, 0.4) is 0 Å². The summed E-state index contributed by atoms with van der Waals surface area (Å²) in [6.07, 6.45) is -4.91. The molecule has 0 aliphatic carbocycles. The monoisotopic (exact) mass is 140 g/mol. The third kappa shape index (κ3) is 2.49. The highest BCUT2D eigenvalue weighted by Gasteiger charge is 2.24. The Kier molecular flexibility index (Phi) is 3.27. The molecule has 0 bridgehead atoms. The Morgan fingerprint density at radius 3 is 1.89 bits per heavy atom. The molecule has 0 aromatic carbocycles. The molecule has 0 fully saturated rings. The van der Waals surface area contributed by atoms with Gasteiger partial charge in [0.1, 0.15) is 0 Å². The van der Waals surface area contributed by atoms with Gasteiger partial charge in [0.05, 0.1) is 5.92 Å². The van der Waals surface area contributed by atoms with E-state index in [0.29, 0.717) is 0 Å². The molecular weight excluding hydrogens is 133 g/mol. The van der Waals surface area contributed by atoms with Gasteiger partial charge in [-0.05, 0) is 0 Å². The first-order valence-corrected chi connectivity index (χ1v) is 2.47. The van der Waals surface area contributed by atoms with Crippen LogP contribution < -0.4 is 0 Å². The molecule has 54 valence electrons. The van der Waals surface area contributed by atoms with Crippen molar-refractivity contribution in [2.45, 2.75) is 19.5 Å². The highest BCUT2D eigenvalue weighted by Crippen LogP contribution is 2.14. The van der Waals surface area contributed by atoms with Crippen LogP contribution in [-0.4, -0.2) is 18.9 Å². The maximum absolute atomic E-state index is 11.9. The minimum Gasteiger partial charge on any atom is -0.300 e. The second-order valence-electron chi connectivity index (χ2n) is 1.77. The zero-order valence-corrected chi connectivity index (χ0v) is 4.85. The molecule has 0 rings (SSSR count). The molecule has 1 nitrogen and oxygen atoms in total. The van der Waals surface area contributed by atoms with Crippen LogP contribution in [0.15, 0.2) is 0 Å². The van der Waals surface area contributed by atoms with Crippen molar-refractivity contribution < 1.29 is 18.0 Å². The quantitative estimate of drug-likeness (QED) is 0.542. The molecule has 0 N–H and O–H groups in total. The van der Waals surface area contributed by atoms with Crippen LogP contribution in [0.1, 0.15) is 6.92 Å². The maximum atomic E-state index is 11.9. The van der Waals surface area contributed by atoms with E-state index >= 15 is 0 Å². The van der Waals surface area contributed by atoms with E-state index in [1.165, 1.54) is 0 Å². The molecule has 0 saturated heterocycles. The van der Waals surface area contributed by atoms with E-state index in [-0.39, 0.29) is 6.29 Å². The highest BCUT2D eigenvalue weighted by atomic mass is 19.3. The van der Waals surface area contributed by atoms with E-state index in [4.69, 9.17) is 0 Å². The van der Waals surface area contributed by atoms with Gasteiger partial charge >= 0.3 is 0 Å². The summed E-state index contributed by atoms with van der Waals surface area (Å²) < 4.78 is 34.9. The first-order valence-electron chi connectivity index (χ1n) is 2.47. The summed E-state index contributed by atoms with van der Waals surface area (Å²) in [6, 6.07) is 0. The van der Waals surface area contributed by atoms with Crippen molar-refractivity contribution in [1.82, 2.24) is 0 Å². The Balaban J connectivity index is 3.71. The third-order valence-corrected chi connectivity index (χ3v) is 1.03. The molecule has 0 spiro atoms. The average Bonchev–Trinajstić information content (AvgIpc) is 1.84. The second-order valence-corrected chi connectivity index (χ2v) is 1.77. The van der Waals surface area contributed by atoms with E-state index in [2.05, 4.69) is 0 Å². The fraction of sp³-hybridized carbons (Fsp3) is 0.800. The standard InChI is InChI=1S/C5H7F3O/c1-3(5(7)8)4(6)2-9/h2-5H,1H3. The summed E-state index contributed by atoms with van der Waals surface area (Å²) in [7, 11) is 0. The van der Waals surface area contributed by atoms with Gasteiger partial charge in [0.2, 0.25) is 6.43 Å². The van der Waals surface area contributed by atoms with Crippen molar-refractivity contribution in [1.29, 1.82) is 0 Å². The van der Waals surface area contributed by atoms with Gasteiger partial charge in [-0.2, -0.15) is 0 Å². The zero-order chi connectivity index (χ0) is 7.44. The second kappa shape index (κ2) is 3.48. The maximum Gasteiger partial charge on any atom is 0.244 e. The number of alkyl halides is 3. The summed E-state index contributed by atoms with van der Waals surface area (Å²) in [5.74, 6) is -1.48. The molecule has 0 aromatic heterocycles. The molecule has 0 radical (unpaired) electrons. The number of carbonyl (C=O) groups excluding carboxylic acids is 1. The third-order valence-electron chi connectivity index (χ3n) is 1.03. The molecular formula is C5H7F3O. The molecule has 0 aliphatic rings. The summed E-state index contributed by atoms with van der Waals surface area (Å²) in [4.78, 5) is 9.54. The Hall–Kier alpha value is -0.540. The van der Waals surface area contributed by atoms with E-state index in [0.717, 1.165) is 6.92 Å². The van der Waals surface area contributed by atoms with E-state index < -0.39 is 18.5 Å². The van der Waals surface area contributed by atoms with Crippen molar-refractivity contribution in [2.75, 3.05) is 0 Å². The number of rotatable bonds is 3. The van der Waals surface area contributed by atoms with Crippen molar-refractivity contribution in [3.63, 3.8) is 0 Å². The zero-order valence-electron chi connectivity index (χ0n) is 4.85. The molecule has 2 unspecified atom stereocenters. The molecule has 0 aromatic rings. The van der Waals surface area contributed by atoms with Gasteiger partial charge < -0.3 is 4.79 Å². The van der Waals surface area contributed by atoms with Gasteiger partial charge in [-0.25, -0.2) is 13.2 Å². The first-order chi connectivity index (χ1) is 4.09. The first kappa shape index (κ1) is 8.46. The van der Waals surface area contributed by atoms with Crippen molar-refractivity contribution in [3.05, 3.63) is 0 Å². The Morgan fingerprint density at radius 2 is 1.78 bits per heavy atom. The van der Waals surface area contributed by atoms with Crippen LogP contribution in [-0.2, 0) is 4.79 Å². The predicted molar refractivity (Wildman–Crippen MR) is 26.1 cm³/mol. The van der Waals surface area contributed by atoms with Crippen molar-refractivity contribution >= 4 is 6.29 Å². The Bertz CT molecular complexity index is 94.2. The van der Waals surface area contributed by atoms with Crippen LogP contribution in [0.4, 0.5) is 13.2 Å². The summed E-state index contributed by atoms with van der Waals surface area (Å²) in [6.45, 7) is 0.990. The van der Waals surface area contributed by atoms with Crippen molar-refractivity contribution in [2.24, 2.45) is 5.92 Å². The van der Waals surface area contributed by atoms with Crippen LogP contribution >= 0.6 is 0 Å². The fourth-order valence-electron chi connectivity index (χ4n) is 0.263. The highest BCUT2D eigenvalue weighted by molar-refractivity contribution is 5.56. The van der Waals surface area contributed by atoms with Gasteiger partial charge in [0, 0.05) is 0 Å². The van der Waals surface area contributed by atoms with Gasteiger partial charge in [-0.1, -0.05) is 6.92 Å².